The van der Waals surface area contributed by atoms with Gasteiger partial charge in [-0.25, -0.2) is 9.37 Å². The maximum absolute atomic E-state index is 13.4. The van der Waals surface area contributed by atoms with E-state index in [9.17, 15) is 22.4 Å². The van der Waals surface area contributed by atoms with Crippen LogP contribution in [-0.4, -0.2) is 34.5 Å². The number of aromatic nitrogens is 3. The molecule has 0 aliphatic heterocycles. The van der Waals surface area contributed by atoms with E-state index in [0.29, 0.717) is 16.8 Å². The molecule has 7 nitrogen and oxygen atoms in total. The number of anilines is 1. The van der Waals surface area contributed by atoms with Crippen molar-refractivity contribution >= 4 is 23.4 Å². The maximum Gasteiger partial charge on any atom is 0.435 e. The highest BCUT2D eigenvalue weighted by molar-refractivity contribution is 7.98. The topological polar surface area (TPSA) is 86.2 Å². The first-order valence-electron chi connectivity index (χ1n) is 8.49. The van der Waals surface area contributed by atoms with Crippen molar-refractivity contribution in [3.8, 4) is 17.4 Å². The van der Waals surface area contributed by atoms with Gasteiger partial charge in [0.2, 0.25) is 0 Å². The Morgan fingerprint density at radius 2 is 1.87 bits per heavy atom. The van der Waals surface area contributed by atoms with Crippen LogP contribution in [0, 0.1) is 5.82 Å². The molecular formula is C19H14F4N4O3S. The van der Waals surface area contributed by atoms with Crippen molar-refractivity contribution in [2.45, 2.75) is 11.2 Å². The molecule has 0 fully saturated rings. The Kier molecular flexibility index (Phi) is 6.59. The van der Waals surface area contributed by atoms with Crippen molar-refractivity contribution in [1.29, 1.82) is 0 Å². The molecule has 2 heterocycles. The third kappa shape index (κ3) is 5.40. The summed E-state index contributed by atoms with van der Waals surface area (Å²) in [5, 5.41) is 9.57. The number of rotatable bonds is 6. The Morgan fingerprint density at radius 3 is 2.55 bits per heavy atom. The molecule has 2 aromatic heterocycles. The lowest BCUT2D eigenvalue weighted by Gasteiger charge is -2.14. The Labute approximate surface area is 177 Å². The average molecular weight is 454 g/mol. The zero-order chi connectivity index (χ0) is 22.6. The number of thioether (sulfide) groups is 1. The normalized spacial score (nSPS) is 11.2. The molecule has 0 aliphatic rings. The highest BCUT2D eigenvalue weighted by atomic mass is 32.2. The number of hydrogen-bond donors (Lipinski definition) is 1. The van der Waals surface area contributed by atoms with Gasteiger partial charge in [0.25, 0.3) is 11.8 Å². The van der Waals surface area contributed by atoms with Gasteiger partial charge >= 0.3 is 6.18 Å². The smallest absolute Gasteiger partial charge is 0.435 e. The Balaban J connectivity index is 2.00. The number of carbonyl (C=O) groups is 1. The summed E-state index contributed by atoms with van der Waals surface area (Å²) in [6.07, 6.45) is -1.62. The summed E-state index contributed by atoms with van der Waals surface area (Å²) in [5.41, 5.74) is -1.60. The first kappa shape index (κ1) is 22.3. The van der Waals surface area contributed by atoms with Gasteiger partial charge < -0.3 is 14.8 Å². The molecule has 31 heavy (non-hydrogen) atoms. The minimum atomic E-state index is -4.84. The SMILES string of the molecule is COc1cc(F)ccc1Oc1nnc(C(F)(F)F)cc1C(=O)Nc1ccnc(SC)c1. The zero-order valence-electron chi connectivity index (χ0n) is 16.0. The number of carbonyl (C=O) groups excluding carboxylic acids is 1. The maximum atomic E-state index is 13.4. The summed E-state index contributed by atoms with van der Waals surface area (Å²) >= 11 is 1.32. The number of nitrogens with one attached hydrogen (secondary N) is 1. The van der Waals surface area contributed by atoms with Gasteiger partial charge in [0, 0.05) is 18.0 Å². The van der Waals surface area contributed by atoms with Gasteiger partial charge in [0.1, 0.15) is 11.4 Å². The minimum absolute atomic E-state index is 0.0493. The number of ether oxygens (including phenoxy) is 2. The third-order valence-corrected chi connectivity index (χ3v) is 4.47. The zero-order valence-corrected chi connectivity index (χ0v) is 16.8. The van der Waals surface area contributed by atoms with Gasteiger partial charge in [-0.3, -0.25) is 4.79 Å². The Bertz CT molecular complexity index is 1110. The van der Waals surface area contributed by atoms with Crippen LogP contribution in [-0.2, 0) is 6.18 Å². The highest BCUT2D eigenvalue weighted by Gasteiger charge is 2.35. The van der Waals surface area contributed by atoms with E-state index in [1.54, 1.807) is 12.3 Å². The van der Waals surface area contributed by atoms with E-state index < -0.39 is 35.0 Å². The largest absolute Gasteiger partial charge is 0.493 e. The van der Waals surface area contributed by atoms with Crippen LogP contribution in [0.5, 0.6) is 17.4 Å². The minimum Gasteiger partial charge on any atom is -0.493 e. The quantitative estimate of drug-likeness (QED) is 0.423. The average Bonchev–Trinajstić information content (AvgIpc) is 2.74. The van der Waals surface area contributed by atoms with Crippen LogP contribution >= 0.6 is 11.8 Å². The molecule has 3 rings (SSSR count). The Hall–Kier alpha value is -3.41. The molecule has 0 saturated carbocycles. The van der Waals surface area contributed by atoms with E-state index in [0.717, 1.165) is 12.1 Å². The van der Waals surface area contributed by atoms with Gasteiger partial charge in [-0.05, 0) is 36.6 Å². The number of nitrogens with zero attached hydrogens (tertiary/aromatic N) is 3. The van der Waals surface area contributed by atoms with Crippen LogP contribution in [0.15, 0.2) is 47.6 Å². The van der Waals surface area contributed by atoms with Gasteiger partial charge in [0.15, 0.2) is 17.2 Å². The van der Waals surface area contributed by atoms with E-state index in [-0.39, 0.29) is 11.5 Å². The van der Waals surface area contributed by atoms with Crippen LogP contribution in [0.4, 0.5) is 23.2 Å². The summed E-state index contributed by atoms with van der Waals surface area (Å²) in [6, 6.07) is 6.78. The fraction of sp³-hybridized carbons (Fsp3) is 0.158. The lowest BCUT2D eigenvalue weighted by Crippen LogP contribution is -2.18. The van der Waals surface area contributed by atoms with Crippen molar-refractivity contribution < 1.29 is 31.8 Å². The molecule has 0 unspecified atom stereocenters. The summed E-state index contributed by atoms with van der Waals surface area (Å²) in [7, 11) is 1.25. The first-order chi connectivity index (χ1) is 14.7. The number of methoxy groups -OCH3 is 1. The van der Waals surface area contributed by atoms with E-state index in [1.165, 1.54) is 37.2 Å². The molecule has 0 bridgehead atoms. The van der Waals surface area contributed by atoms with Crippen molar-refractivity contribution in [3.05, 3.63) is 59.7 Å². The monoisotopic (exact) mass is 454 g/mol. The Morgan fingerprint density at radius 1 is 1.10 bits per heavy atom. The molecule has 0 saturated heterocycles. The number of amides is 1. The number of alkyl halides is 3. The summed E-state index contributed by atoms with van der Waals surface area (Å²) in [5.74, 6) is -2.18. The third-order valence-electron chi connectivity index (χ3n) is 3.83. The molecule has 1 amide bonds. The molecular weight excluding hydrogens is 440 g/mol. The van der Waals surface area contributed by atoms with Crippen molar-refractivity contribution in [2.24, 2.45) is 0 Å². The second kappa shape index (κ2) is 9.16. The molecule has 1 aromatic carbocycles. The molecule has 0 radical (unpaired) electrons. The number of halogens is 4. The van der Waals surface area contributed by atoms with Crippen LogP contribution in [0.25, 0.3) is 0 Å². The van der Waals surface area contributed by atoms with E-state index in [4.69, 9.17) is 9.47 Å². The first-order valence-corrected chi connectivity index (χ1v) is 9.71. The van der Waals surface area contributed by atoms with E-state index in [2.05, 4.69) is 20.5 Å². The van der Waals surface area contributed by atoms with E-state index in [1.807, 2.05) is 0 Å². The number of benzene rings is 1. The second-order valence-electron chi connectivity index (χ2n) is 5.88. The fourth-order valence-corrected chi connectivity index (χ4v) is 2.80. The van der Waals surface area contributed by atoms with Crippen molar-refractivity contribution in [1.82, 2.24) is 15.2 Å². The predicted molar refractivity (Wildman–Crippen MR) is 104 cm³/mol. The second-order valence-corrected chi connectivity index (χ2v) is 6.71. The van der Waals surface area contributed by atoms with Gasteiger partial charge in [-0.2, -0.15) is 13.2 Å². The molecule has 162 valence electrons. The summed E-state index contributed by atoms with van der Waals surface area (Å²) < 4.78 is 63.2. The lowest BCUT2D eigenvalue weighted by atomic mass is 10.2. The number of hydrogen-bond acceptors (Lipinski definition) is 7. The molecule has 0 aliphatic carbocycles. The number of pyridine rings is 1. The molecule has 12 heteroatoms. The molecule has 0 spiro atoms. The van der Waals surface area contributed by atoms with Crippen LogP contribution in [0.3, 0.4) is 0 Å². The van der Waals surface area contributed by atoms with Crippen LogP contribution in [0.2, 0.25) is 0 Å². The predicted octanol–water partition coefficient (Wildman–Crippen LogP) is 4.80. The summed E-state index contributed by atoms with van der Waals surface area (Å²) in [4.78, 5) is 16.8. The standard InChI is InChI=1S/C19H14F4N4O3S/c1-29-14-7-10(20)3-4-13(14)30-18-12(9-15(26-27-18)19(21,22)23)17(28)25-11-5-6-24-16(8-11)31-2/h3-9H,1-2H3,(H,24,25,28). The summed E-state index contributed by atoms with van der Waals surface area (Å²) in [6.45, 7) is 0. The van der Waals surface area contributed by atoms with Gasteiger partial charge in [0.05, 0.1) is 12.1 Å². The van der Waals surface area contributed by atoms with Gasteiger partial charge in [-0.1, -0.05) is 0 Å². The lowest BCUT2D eigenvalue weighted by molar-refractivity contribution is -0.141. The molecule has 3 aromatic rings. The van der Waals surface area contributed by atoms with Crippen LogP contribution in [0.1, 0.15) is 16.1 Å². The molecule has 1 N–H and O–H groups in total. The van der Waals surface area contributed by atoms with Crippen molar-refractivity contribution in [3.63, 3.8) is 0 Å². The van der Waals surface area contributed by atoms with Gasteiger partial charge in [-0.15, -0.1) is 22.0 Å². The highest BCUT2D eigenvalue weighted by Crippen LogP contribution is 2.35. The fourth-order valence-electron chi connectivity index (χ4n) is 2.38. The van der Waals surface area contributed by atoms with Crippen LogP contribution < -0.4 is 14.8 Å². The molecule has 0 atom stereocenters. The van der Waals surface area contributed by atoms with E-state index >= 15 is 0 Å². The van der Waals surface area contributed by atoms with Crippen molar-refractivity contribution in [2.75, 3.05) is 18.7 Å².